The van der Waals surface area contributed by atoms with Gasteiger partial charge in [0, 0.05) is 19.8 Å². The number of hydrogen-bond acceptors (Lipinski definition) is 5. The number of nitrogens with one attached hydrogen (secondary N) is 1. The highest BCUT2D eigenvalue weighted by Gasteiger charge is 2.24. The smallest absolute Gasteiger partial charge is 0.337 e. The summed E-state index contributed by atoms with van der Waals surface area (Å²) in [6.45, 7) is 6.00. The maximum Gasteiger partial charge on any atom is 0.337 e. The molecule has 0 spiro atoms. The highest BCUT2D eigenvalue weighted by Crippen LogP contribution is 2.31. The molecule has 0 saturated carbocycles. The Labute approximate surface area is 250 Å². The van der Waals surface area contributed by atoms with Gasteiger partial charge in [-0.1, -0.05) is 50.2 Å². The number of rotatable bonds is 8. The Morgan fingerprint density at radius 3 is 2.26 bits per heavy atom. The van der Waals surface area contributed by atoms with E-state index in [1.54, 1.807) is 66.7 Å². The molecule has 220 valence electrons. The number of aromatic carboxylic acids is 1. The lowest BCUT2D eigenvalue weighted by atomic mass is 9.94. The molecule has 10 heteroatoms. The van der Waals surface area contributed by atoms with Crippen molar-refractivity contribution < 1.29 is 23.1 Å². The summed E-state index contributed by atoms with van der Waals surface area (Å²) >= 11 is 0. The Balaban J connectivity index is 1.43. The fraction of sp³-hybridized carbons (Fsp3) is 0.182. The van der Waals surface area contributed by atoms with Crippen LogP contribution >= 0.6 is 0 Å². The zero-order valence-corrected chi connectivity index (χ0v) is 25.3. The average molecular weight is 597 g/mol. The molecular formula is C33H32N4O5S. The Morgan fingerprint density at radius 2 is 1.63 bits per heavy atom. The van der Waals surface area contributed by atoms with Gasteiger partial charge in [-0.2, -0.15) is 0 Å². The number of hydrogen-bond donors (Lipinski definition) is 2. The maximum absolute atomic E-state index is 13.5. The molecule has 0 aliphatic rings. The molecule has 5 rings (SSSR count). The van der Waals surface area contributed by atoms with Crippen LogP contribution in [0.3, 0.4) is 0 Å². The lowest BCUT2D eigenvalue weighted by Gasteiger charge is -2.20. The third-order valence-corrected chi connectivity index (χ3v) is 9.42. The Kier molecular flexibility index (Phi) is 7.81. The molecule has 5 aromatic rings. The van der Waals surface area contributed by atoms with Gasteiger partial charge in [0.1, 0.15) is 5.82 Å². The summed E-state index contributed by atoms with van der Waals surface area (Å²) in [5.74, 6) is -0.679. The number of carbonyl (C=O) groups is 2. The molecule has 1 amide bonds. The van der Waals surface area contributed by atoms with E-state index in [9.17, 15) is 23.1 Å². The van der Waals surface area contributed by atoms with Crippen LogP contribution < -0.4 is 9.62 Å². The van der Waals surface area contributed by atoms with Crippen molar-refractivity contribution in [3.63, 3.8) is 0 Å². The molecule has 1 heterocycles. The average Bonchev–Trinajstić information content (AvgIpc) is 3.28. The predicted molar refractivity (Wildman–Crippen MR) is 168 cm³/mol. The summed E-state index contributed by atoms with van der Waals surface area (Å²) in [4.78, 5) is 30.1. The van der Waals surface area contributed by atoms with Crippen molar-refractivity contribution in [3.8, 4) is 11.1 Å². The molecule has 0 fully saturated rings. The van der Waals surface area contributed by atoms with E-state index in [-0.39, 0.29) is 16.0 Å². The van der Waals surface area contributed by atoms with E-state index in [2.05, 4.69) is 24.1 Å². The van der Waals surface area contributed by atoms with Crippen molar-refractivity contribution in [3.05, 3.63) is 107 Å². The summed E-state index contributed by atoms with van der Waals surface area (Å²) in [6.07, 6.45) is 0. The fourth-order valence-electron chi connectivity index (χ4n) is 4.97. The number of benzene rings is 4. The molecule has 0 aliphatic carbocycles. The Morgan fingerprint density at radius 1 is 0.953 bits per heavy atom. The molecule has 0 saturated heterocycles. The molecule has 9 nitrogen and oxygen atoms in total. The zero-order chi connectivity index (χ0) is 31.1. The second-order valence-electron chi connectivity index (χ2n) is 10.7. The minimum atomic E-state index is -3.90. The first-order valence-corrected chi connectivity index (χ1v) is 15.1. The van der Waals surface area contributed by atoms with Crippen LogP contribution in [0.4, 0.5) is 11.4 Å². The van der Waals surface area contributed by atoms with Crippen LogP contribution in [0, 0.1) is 6.92 Å². The van der Waals surface area contributed by atoms with Crippen molar-refractivity contribution in [1.29, 1.82) is 0 Å². The van der Waals surface area contributed by atoms with Gasteiger partial charge in [0.25, 0.3) is 15.9 Å². The zero-order valence-electron chi connectivity index (χ0n) is 24.5. The van der Waals surface area contributed by atoms with Crippen molar-refractivity contribution in [2.75, 3.05) is 16.7 Å². The fourth-order valence-corrected chi connectivity index (χ4v) is 6.19. The SMILES string of the molecule is Cc1nc2cc(S(=O)(=O)N(C)c3ccc(-c4cccc(C(=O)Nc5ccc(C(C)C)cc5)c4C(=O)O)cc3)ccc2n1C. The number of carbonyl (C=O) groups excluding carboxylic acids is 1. The minimum absolute atomic E-state index is 0.0156. The Bertz CT molecular complexity index is 1960. The van der Waals surface area contributed by atoms with E-state index in [0.717, 1.165) is 16.9 Å². The molecule has 1 aromatic heterocycles. The number of carboxylic acids is 1. The number of nitrogens with zero attached hydrogens (tertiary/aromatic N) is 3. The number of sulfonamides is 1. The number of carboxylic acid groups (broad SMARTS) is 1. The monoisotopic (exact) mass is 596 g/mol. The van der Waals surface area contributed by atoms with Gasteiger partial charge in [0.05, 0.1) is 32.7 Å². The largest absolute Gasteiger partial charge is 0.478 e. The first-order chi connectivity index (χ1) is 20.4. The van der Waals surface area contributed by atoms with Gasteiger partial charge in [-0.25, -0.2) is 18.2 Å². The lowest BCUT2D eigenvalue weighted by molar-refractivity contribution is 0.0693. The predicted octanol–water partition coefficient (Wildman–Crippen LogP) is 6.45. The van der Waals surface area contributed by atoms with Crippen LogP contribution in [0.25, 0.3) is 22.2 Å². The van der Waals surface area contributed by atoms with Gasteiger partial charge in [-0.15, -0.1) is 0 Å². The van der Waals surface area contributed by atoms with E-state index >= 15 is 0 Å². The molecule has 0 radical (unpaired) electrons. The third-order valence-electron chi connectivity index (χ3n) is 7.63. The second kappa shape index (κ2) is 11.4. The molecule has 0 unspecified atom stereocenters. The number of anilines is 2. The minimum Gasteiger partial charge on any atom is -0.478 e. The maximum atomic E-state index is 13.5. The molecule has 0 atom stereocenters. The van der Waals surface area contributed by atoms with Crippen LogP contribution in [0.1, 0.15) is 51.9 Å². The highest BCUT2D eigenvalue weighted by molar-refractivity contribution is 7.92. The van der Waals surface area contributed by atoms with Crippen LogP contribution in [-0.2, 0) is 17.1 Å². The van der Waals surface area contributed by atoms with Crippen LogP contribution in [-0.4, -0.2) is 42.0 Å². The summed E-state index contributed by atoms with van der Waals surface area (Å²) in [5.41, 5.74) is 4.21. The summed E-state index contributed by atoms with van der Waals surface area (Å²) in [6, 6.07) is 23.5. The number of fused-ring (bicyclic) bond motifs is 1. The van der Waals surface area contributed by atoms with E-state index in [1.165, 1.54) is 17.4 Å². The first kappa shape index (κ1) is 29.5. The van der Waals surface area contributed by atoms with Crippen LogP contribution in [0.5, 0.6) is 0 Å². The van der Waals surface area contributed by atoms with Gasteiger partial charge in [-0.3, -0.25) is 9.10 Å². The molecule has 0 bridgehead atoms. The third kappa shape index (κ3) is 5.61. The molecule has 43 heavy (non-hydrogen) atoms. The summed E-state index contributed by atoms with van der Waals surface area (Å²) in [7, 11) is -0.576. The quantitative estimate of drug-likeness (QED) is 0.212. The van der Waals surface area contributed by atoms with Gasteiger partial charge in [0.2, 0.25) is 0 Å². The van der Waals surface area contributed by atoms with Gasteiger partial charge >= 0.3 is 5.97 Å². The van der Waals surface area contributed by atoms with Gasteiger partial charge in [0.15, 0.2) is 0 Å². The molecule has 0 aliphatic heterocycles. The van der Waals surface area contributed by atoms with Gasteiger partial charge < -0.3 is 15.0 Å². The number of amides is 1. The molecule has 4 aromatic carbocycles. The number of imidazole rings is 1. The topological polar surface area (TPSA) is 122 Å². The molecular weight excluding hydrogens is 564 g/mol. The van der Waals surface area contributed by atoms with E-state index in [4.69, 9.17) is 0 Å². The Hall–Kier alpha value is -4.96. The van der Waals surface area contributed by atoms with Crippen molar-refractivity contribution in [2.24, 2.45) is 7.05 Å². The van der Waals surface area contributed by atoms with Gasteiger partial charge in [-0.05, 0) is 78.1 Å². The normalized spacial score (nSPS) is 11.6. The second-order valence-corrected chi connectivity index (χ2v) is 12.6. The van der Waals surface area contributed by atoms with Crippen LogP contribution in [0.2, 0.25) is 0 Å². The van der Waals surface area contributed by atoms with Crippen molar-refractivity contribution >= 4 is 44.3 Å². The van der Waals surface area contributed by atoms with Crippen LogP contribution in [0.15, 0.2) is 89.8 Å². The highest BCUT2D eigenvalue weighted by atomic mass is 32.2. The number of aromatic nitrogens is 2. The summed E-state index contributed by atoms with van der Waals surface area (Å²) < 4.78 is 30.0. The van der Waals surface area contributed by atoms with Crippen molar-refractivity contribution in [2.45, 2.75) is 31.6 Å². The standard InChI is InChI=1S/C33H32N4O5S/c1-20(2)22-9-13-24(14-10-22)35-32(38)28-8-6-7-27(31(28)33(39)40)23-11-15-25(16-12-23)37(5)43(41,42)26-17-18-30-29(19-26)34-21(3)36(30)4/h6-20H,1-5H3,(H,35,38)(H,39,40). The first-order valence-electron chi connectivity index (χ1n) is 13.7. The molecule has 2 N–H and O–H groups in total. The number of aryl methyl sites for hydroxylation is 2. The lowest BCUT2D eigenvalue weighted by Crippen LogP contribution is -2.26. The van der Waals surface area contributed by atoms with E-state index in [1.807, 2.05) is 30.7 Å². The van der Waals surface area contributed by atoms with E-state index < -0.39 is 21.9 Å². The summed E-state index contributed by atoms with van der Waals surface area (Å²) in [5, 5.41) is 12.9. The van der Waals surface area contributed by atoms with E-state index in [0.29, 0.717) is 33.9 Å². The van der Waals surface area contributed by atoms with Crippen molar-refractivity contribution in [1.82, 2.24) is 9.55 Å².